The van der Waals surface area contributed by atoms with E-state index in [0.717, 1.165) is 0 Å². The van der Waals surface area contributed by atoms with Crippen LogP contribution in [0.4, 0.5) is 0 Å². The minimum Gasteiger partial charge on any atom is -0.497 e. The minimum atomic E-state index is -3.64. The molecule has 0 aliphatic carbocycles. The van der Waals surface area contributed by atoms with Crippen LogP contribution in [0.3, 0.4) is 0 Å². The lowest BCUT2D eigenvalue weighted by molar-refractivity contribution is -0.132. The molecule has 1 saturated heterocycles. The minimum absolute atomic E-state index is 0.110. The Bertz CT molecular complexity index is 1030. The number of carbonyl (C=O) groups is 2. The third-order valence-corrected chi connectivity index (χ3v) is 7.70. The highest BCUT2D eigenvalue weighted by Gasteiger charge is 2.34. The average Bonchev–Trinajstić information content (AvgIpc) is 3.34. The number of hydrogen-bond acceptors (Lipinski definition) is 6. The van der Waals surface area contributed by atoms with Crippen molar-refractivity contribution < 1.29 is 27.2 Å². The molecule has 10 heteroatoms. The smallest absolute Gasteiger partial charge is 0.243 e. The van der Waals surface area contributed by atoms with Crippen LogP contribution in [-0.4, -0.2) is 50.8 Å². The number of hydrogen-bond donors (Lipinski definition) is 2. The predicted octanol–water partition coefficient (Wildman–Crippen LogP) is 2.15. The Morgan fingerprint density at radius 3 is 2.36 bits per heavy atom. The number of amides is 2. The van der Waals surface area contributed by atoms with E-state index in [1.54, 1.807) is 24.3 Å². The molecule has 180 valence electrons. The molecule has 2 N–H and O–H groups in total. The van der Waals surface area contributed by atoms with E-state index >= 15 is 0 Å². The van der Waals surface area contributed by atoms with Gasteiger partial charge in [-0.05, 0) is 55.2 Å². The summed E-state index contributed by atoms with van der Waals surface area (Å²) in [5.74, 6) is 0.227. The van der Waals surface area contributed by atoms with Crippen molar-refractivity contribution in [3.63, 3.8) is 0 Å². The van der Waals surface area contributed by atoms with Crippen LogP contribution in [0, 0.1) is 11.8 Å². The lowest BCUT2D eigenvalue weighted by Crippen LogP contribution is -2.52. The molecule has 2 heterocycles. The first kappa shape index (κ1) is 24.8. The molecule has 0 saturated carbocycles. The normalized spacial score (nSPS) is 16.4. The van der Waals surface area contributed by atoms with E-state index in [0.29, 0.717) is 24.4 Å². The SMILES string of the molecule is COc1ccc(S(=O)(=O)N2CCC(C(=O)N[C@@H](C(=O)NCc3ccco3)C(C)C)CC2)cc1. The first-order valence-corrected chi connectivity index (χ1v) is 12.4. The van der Waals surface area contributed by atoms with E-state index < -0.39 is 16.1 Å². The van der Waals surface area contributed by atoms with E-state index in [-0.39, 0.29) is 48.2 Å². The van der Waals surface area contributed by atoms with Crippen LogP contribution in [0.5, 0.6) is 5.75 Å². The molecule has 1 aliphatic rings. The molecule has 1 aromatic heterocycles. The van der Waals surface area contributed by atoms with Gasteiger partial charge in [-0.25, -0.2) is 8.42 Å². The van der Waals surface area contributed by atoms with Gasteiger partial charge < -0.3 is 19.8 Å². The zero-order chi connectivity index (χ0) is 24.0. The second-order valence-electron chi connectivity index (χ2n) is 8.38. The van der Waals surface area contributed by atoms with Gasteiger partial charge in [-0.15, -0.1) is 0 Å². The van der Waals surface area contributed by atoms with Gasteiger partial charge in [0.25, 0.3) is 0 Å². The van der Waals surface area contributed by atoms with Gasteiger partial charge in [0, 0.05) is 19.0 Å². The molecule has 1 fully saturated rings. The molecule has 0 bridgehead atoms. The van der Waals surface area contributed by atoms with Gasteiger partial charge in [-0.1, -0.05) is 13.8 Å². The topological polar surface area (TPSA) is 118 Å². The summed E-state index contributed by atoms with van der Waals surface area (Å²) in [5.41, 5.74) is 0. The van der Waals surface area contributed by atoms with E-state index in [4.69, 9.17) is 9.15 Å². The number of carbonyl (C=O) groups excluding carboxylic acids is 2. The van der Waals surface area contributed by atoms with Crippen molar-refractivity contribution >= 4 is 21.8 Å². The van der Waals surface area contributed by atoms with Gasteiger partial charge in [-0.2, -0.15) is 4.31 Å². The van der Waals surface area contributed by atoms with Crippen molar-refractivity contribution in [2.24, 2.45) is 11.8 Å². The largest absolute Gasteiger partial charge is 0.497 e. The number of piperidine rings is 1. The zero-order valence-electron chi connectivity index (χ0n) is 19.1. The summed E-state index contributed by atoms with van der Waals surface area (Å²) in [4.78, 5) is 25.7. The highest BCUT2D eigenvalue weighted by atomic mass is 32.2. The van der Waals surface area contributed by atoms with Crippen LogP contribution in [0.1, 0.15) is 32.4 Å². The number of nitrogens with zero attached hydrogens (tertiary/aromatic N) is 1. The second kappa shape index (κ2) is 10.8. The molecule has 1 aromatic carbocycles. The van der Waals surface area contributed by atoms with Crippen LogP contribution >= 0.6 is 0 Å². The number of ether oxygens (including phenoxy) is 1. The fourth-order valence-corrected chi connectivity index (χ4v) is 5.23. The van der Waals surface area contributed by atoms with Gasteiger partial charge in [0.1, 0.15) is 17.6 Å². The van der Waals surface area contributed by atoms with Gasteiger partial charge in [0.05, 0.1) is 24.8 Å². The fraction of sp³-hybridized carbons (Fsp3) is 0.478. The molecule has 2 aromatic rings. The van der Waals surface area contributed by atoms with Gasteiger partial charge in [0.15, 0.2) is 0 Å². The molecule has 0 unspecified atom stereocenters. The highest BCUT2D eigenvalue weighted by Crippen LogP contribution is 2.25. The molecule has 3 rings (SSSR count). The average molecular weight is 478 g/mol. The number of sulfonamides is 1. The Hall–Kier alpha value is -2.85. The first-order valence-electron chi connectivity index (χ1n) is 11.0. The van der Waals surface area contributed by atoms with E-state index in [2.05, 4.69) is 10.6 Å². The van der Waals surface area contributed by atoms with Crippen molar-refractivity contribution in [1.82, 2.24) is 14.9 Å². The molecule has 0 radical (unpaired) electrons. The monoisotopic (exact) mass is 477 g/mol. The number of nitrogens with one attached hydrogen (secondary N) is 2. The van der Waals surface area contributed by atoms with Crippen LogP contribution in [0.2, 0.25) is 0 Å². The third-order valence-electron chi connectivity index (χ3n) is 5.79. The zero-order valence-corrected chi connectivity index (χ0v) is 19.9. The number of furan rings is 1. The lowest BCUT2D eigenvalue weighted by atomic mass is 9.95. The Morgan fingerprint density at radius 2 is 1.82 bits per heavy atom. The van der Waals surface area contributed by atoms with Crippen molar-refractivity contribution in [3.8, 4) is 5.75 Å². The standard InChI is InChI=1S/C23H31N3O6S/c1-16(2)21(23(28)24-15-19-5-4-14-32-19)25-22(27)17-10-12-26(13-11-17)33(29,30)20-8-6-18(31-3)7-9-20/h4-9,14,16-17,21H,10-13,15H2,1-3H3,(H,24,28)(H,25,27)/t21-/m1/s1. The molecular formula is C23H31N3O6S. The number of methoxy groups -OCH3 is 1. The summed E-state index contributed by atoms with van der Waals surface area (Å²) in [5, 5.41) is 5.63. The van der Waals surface area contributed by atoms with E-state index in [1.165, 1.54) is 29.8 Å². The van der Waals surface area contributed by atoms with E-state index in [9.17, 15) is 18.0 Å². The van der Waals surface area contributed by atoms with E-state index in [1.807, 2.05) is 13.8 Å². The lowest BCUT2D eigenvalue weighted by Gasteiger charge is -2.32. The highest BCUT2D eigenvalue weighted by molar-refractivity contribution is 7.89. The molecular weight excluding hydrogens is 446 g/mol. The maximum Gasteiger partial charge on any atom is 0.243 e. The van der Waals surface area contributed by atoms with Crippen LogP contribution in [-0.2, 0) is 26.2 Å². The molecule has 1 aliphatic heterocycles. The molecule has 2 amide bonds. The maximum absolute atomic E-state index is 12.9. The number of rotatable bonds is 9. The maximum atomic E-state index is 12.9. The summed E-state index contributed by atoms with van der Waals surface area (Å²) in [6.45, 7) is 4.45. The van der Waals surface area contributed by atoms with Gasteiger partial charge in [0.2, 0.25) is 21.8 Å². The quantitative estimate of drug-likeness (QED) is 0.571. The first-order chi connectivity index (χ1) is 15.7. The fourth-order valence-electron chi connectivity index (χ4n) is 3.76. The third kappa shape index (κ3) is 6.14. The number of benzene rings is 1. The molecule has 9 nitrogen and oxygen atoms in total. The van der Waals surface area contributed by atoms with Crippen molar-refractivity contribution in [2.75, 3.05) is 20.2 Å². The summed E-state index contributed by atoms with van der Waals surface area (Å²) in [6, 6.07) is 9.06. The van der Waals surface area contributed by atoms with Gasteiger partial charge >= 0.3 is 0 Å². The Balaban J connectivity index is 1.55. The molecule has 0 spiro atoms. The van der Waals surface area contributed by atoms with Gasteiger partial charge in [-0.3, -0.25) is 9.59 Å². The van der Waals surface area contributed by atoms with Crippen LogP contribution < -0.4 is 15.4 Å². The van der Waals surface area contributed by atoms with Crippen molar-refractivity contribution in [1.29, 1.82) is 0 Å². The summed E-state index contributed by atoms with van der Waals surface area (Å²) in [6.07, 6.45) is 2.31. The predicted molar refractivity (Wildman–Crippen MR) is 122 cm³/mol. The summed E-state index contributed by atoms with van der Waals surface area (Å²) in [7, 11) is -2.12. The molecule has 33 heavy (non-hydrogen) atoms. The molecule has 1 atom stereocenters. The van der Waals surface area contributed by atoms with Crippen molar-refractivity contribution in [3.05, 3.63) is 48.4 Å². The van der Waals surface area contributed by atoms with Crippen LogP contribution in [0.15, 0.2) is 52.0 Å². The van der Waals surface area contributed by atoms with Crippen LogP contribution in [0.25, 0.3) is 0 Å². The van der Waals surface area contributed by atoms with Crippen molar-refractivity contribution in [2.45, 2.75) is 44.2 Å². The second-order valence-corrected chi connectivity index (χ2v) is 10.3. The summed E-state index contributed by atoms with van der Waals surface area (Å²) >= 11 is 0. The summed E-state index contributed by atoms with van der Waals surface area (Å²) < 4.78 is 37.5. The Labute approximate surface area is 194 Å². The Kier molecular flexibility index (Phi) is 8.15. The Morgan fingerprint density at radius 1 is 1.15 bits per heavy atom.